The molecule has 0 spiro atoms. The van der Waals surface area contributed by atoms with E-state index in [-0.39, 0.29) is 58.8 Å². The molecule has 0 radical (unpaired) electrons. The number of fused-ring (bicyclic) bond motifs is 2. The highest BCUT2D eigenvalue weighted by Gasteiger charge is 2.43. The fourth-order valence-electron chi connectivity index (χ4n) is 6.26. The lowest BCUT2D eigenvalue weighted by Gasteiger charge is -2.15. The van der Waals surface area contributed by atoms with Crippen molar-refractivity contribution in [3.05, 3.63) is 120 Å². The average molecular weight is 779 g/mol. The second-order valence-corrected chi connectivity index (χ2v) is 11.8. The van der Waals surface area contributed by atoms with Crippen LogP contribution in [0.25, 0.3) is 23.5 Å². The number of aromatic nitrogens is 2. The highest BCUT2D eigenvalue weighted by Crippen LogP contribution is 2.40. The second-order valence-electron chi connectivity index (χ2n) is 11.8. The standard InChI is InChI=1S/C36H36N4.2HI/c1-35(2)27-11-7-9-13-31(27)39(5)33(35)21-17-25-15-19-29(37-23-25)30-20-16-26(24-38-30)18-22-34-36(3,4)28-12-8-10-14-32(28)40(34)6;;/h7-24H,1-6H3;2*1H/q+2;;/p-2. The SMILES string of the molecule is C[N+]1=C(/C=C/c2ccc(-c3ccc(/C=C/C4=[N+](C)c5ccccc5C4(C)C)cn3)nc2)C(C)(C)c2ccccc21.[I-].[I-]. The van der Waals surface area contributed by atoms with Gasteiger partial charge in [-0.1, -0.05) is 48.5 Å². The van der Waals surface area contributed by atoms with Crippen molar-refractivity contribution >= 4 is 35.0 Å². The molecule has 2 aliphatic rings. The Hall–Kier alpha value is -2.98. The maximum Gasteiger partial charge on any atom is 0.209 e. The molecule has 0 aliphatic carbocycles. The summed E-state index contributed by atoms with van der Waals surface area (Å²) in [5.41, 5.74) is 11.6. The minimum Gasteiger partial charge on any atom is -1.00 e. The molecule has 6 rings (SSSR count). The third kappa shape index (κ3) is 5.55. The molecule has 6 heteroatoms. The highest BCUT2D eigenvalue weighted by molar-refractivity contribution is 6.06. The van der Waals surface area contributed by atoms with Crippen molar-refractivity contribution < 1.29 is 57.1 Å². The summed E-state index contributed by atoms with van der Waals surface area (Å²) in [5, 5.41) is 0. The van der Waals surface area contributed by atoms with Gasteiger partial charge in [0.25, 0.3) is 0 Å². The monoisotopic (exact) mass is 778 g/mol. The van der Waals surface area contributed by atoms with Gasteiger partial charge in [0.05, 0.1) is 22.2 Å². The van der Waals surface area contributed by atoms with Crippen LogP contribution >= 0.6 is 0 Å². The van der Waals surface area contributed by atoms with Crippen molar-refractivity contribution in [2.75, 3.05) is 14.1 Å². The Morgan fingerprint density at radius 1 is 0.524 bits per heavy atom. The predicted octanol–water partition coefficient (Wildman–Crippen LogP) is 1.59. The van der Waals surface area contributed by atoms with Crippen LogP contribution in [0.2, 0.25) is 0 Å². The van der Waals surface area contributed by atoms with E-state index in [2.05, 4.69) is 136 Å². The van der Waals surface area contributed by atoms with Crippen molar-refractivity contribution in [1.82, 2.24) is 9.97 Å². The van der Waals surface area contributed by atoms with Crippen molar-refractivity contribution in [1.29, 1.82) is 0 Å². The van der Waals surface area contributed by atoms with Gasteiger partial charge < -0.3 is 48.0 Å². The Kier molecular flexibility index (Phi) is 9.37. The largest absolute Gasteiger partial charge is 1.00 e. The zero-order chi connectivity index (χ0) is 28.1. The van der Waals surface area contributed by atoms with E-state index in [9.17, 15) is 0 Å². The summed E-state index contributed by atoms with van der Waals surface area (Å²) < 4.78 is 4.58. The van der Waals surface area contributed by atoms with Gasteiger partial charge in [-0.2, -0.15) is 9.15 Å². The van der Waals surface area contributed by atoms with E-state index in [1.165, 1.54) is 33.9 Å². The number of pyridine rings is 2. The predicted molar refractivity (Wildman–Crippen MR) is 166 cm³/mol. The lowest BCUT2D eigenvalue weighted by Crippen LogP contribution is -3.00. The molecule has 0 unspecified atom stereocenters. The second kappa shape index (κ2) is 12.3. The van der Waals surface area contributed by atoms with Gasteiger partial charge >= 0.3 is 0 Å². The number of hydrogen-bond donors (Lipinski definition) is 0. The molecule has 214 valence electrons. The van der Waals surface area contributed by atoms with Crippen molar-refractivity contribution in [2.24, 2.45) is 0 Å². The van der Waals surface area contributed by atoms with Crippen LogP contribution in [-0.4, -0.2) is 44.6 Å². The van der Waals surface area contributed by atoms with Crippen LogP contribution in [0.4, 0.5) is 11.4 Å². The zero-order valence-corrected chi connectivity index (χ0v) is 29.3. The molecule has 0 atom stereocenters. The first-order chi connectivity index (χ1) is 19.2. The van der Waals surface area contributed by atoms with Gasteiger partial charge in [-0.25, -0.2) is 0 Å². The summed E-state index contributed by atoms with van der Waals surface area (Å²) in [6.07, 6.45) is 12.6. The van der Waals surface area contributed by atoms with E-state index in [1.807, 2.05) is 24.5 Å². The van der Waals surface area contributed by atoms with E-state index < -0.39 is 0 Å². The molecule has 4 aromatic rings. The number of para-hydroxylation sites is 2. The highest BCUT2D eigenvalue weighted by atomic mass is 127. The molecule has 42 heavy (non-hydrogen) atoms. The van der Waals surface area contributed by atoms with Crippen molar-refractivity contribution in [3.8, 4) is 11.4 Å². The van der Waals surface area contributed by atoms with Gasteiger partial charge in [-0.3, -0.25) is 9.97 Å². The normalized spacial score (nSPS) is 16.4. The minimum atomic E-state index is -0.0409. The average Bonchev–Trinajstić information content (AvgIpc) is 3.29. The Morgan fingerprint density at radius 3 is 1.24 bits per heavy atom. The van der Waals surface area contributed by atoms with E-state index in [1.54, 1.807) is 0 Å². The lowest BCUT2D eigenvalue weighted by molar-refractivity contribution is -0.401. The number of hydrogen-bond acceptors (Lipinski definition) is 2. The summed E-state index contributed by atoms with van der Waals surface area (Å²) in [6, 6.07) is 25.6. The maximum absolute atomic E-state index is 4.71. The summed E-state index contributed by atoms with van der Waals surface area (Å²) in [4.78, 5) is 9.43. The van der Waals surface area contributed by atoms with Crippen LogP contribution in [0.5, 0.6) is 0 Å². The van der Waals surface area contributed by atoms with Gasteiger partial charge in [-0.15, -0.1) is 0 Å². The molecule has 0 saturated carbocycles. The fraction of sp³-hybridized carbons (Fsp3) is 0.222. The van der Waals surface area contributed by atoms with Crippen LogP contribution in [0.3, 0.4) is 0 Å². The maximum atomic E-state index is 4.71. The van der Waals surface area contributed by atoms with Gasteiger partial charge in [0.15, 0.2) is 11.4 Å². The van der Waals surface area contributed by atoms with E-state index in [0.717, 1.165) is 22.5 Å². The molecular formula is C36H36I2N4. The van der Waals surface area contributed by atoms with Crippen LogP contribution in [0.1, 0.15) is 49.9 Å². The molecular weight excluding hydrogens is 742 g/mol. The molecule has 0 saturated heterocycles. The van der Waals surface area contributed by atoms with Gasteiger partial charge in [0.1, 0.15) is 14.1 Å². The van der Waals surface area contributed by atoms with Crippen LogP contribution in [0.15, 0.2) is 97.3 Å². The third-order valence-electron chi connectivity index (χ3n) is 8.58. The first-order valence-corrected chi connectivity index (χ1v) is 13.9. The molecule has 4 nitrogen and oxygen atoms in total. The van der Waals surface area contributed by atoms with Gasteiger partial charge in [0.2, 0.25) is 11.4 Å². The number of benzene rings is 2. The Bertz CT molecular complexity index is 1610. The topological polar surface area (TPSA) is 31.8 Å². The molecule has 0 fully saturated rings. The molecule has 2 aromatic heterocycles. The lowest BCUT2D eigenvalue weighted by atomic mass is 9.81. The van der Waals surface area contributed by atoms with Gasteiger partial charge in [-0.05, 0) is 63.1 Å². The Morgan fingerprint density at radius 2 is 0.905 bits per heavy atom. The van der Waals surface area contributed by atoms with E-state index >= 15 is 0 Å². The number of allylic oxidation sites excluding steroid dienone is 2. The third-order valence-corrected chi connectivity index (χ3v) is 8.58. The van der Waals surface area contributed by atoms with Crippen molar-refractivity contribution in [3.63, 3.8) is 0 Å². The quantitative estimate of drug-likeness (QED) is 0.228. The minimum absolute atomic E-state index is 0. The molecule has 2 aromatic carbocycles. The summed E-state index contributed by atoms with van der Waals surface area (Å²) in [7, 11) is 4.29. The zero-order valence-electron chi connectivity index (χ0n) is 24.9. The first-order valence-electron chi connectivity index (χ1n) is 13.9. The Labute approximate surface area is 283 Å². The van der Waals surface area contributed by atoms with E-state index in [4.69, 9.17) is 9.97 Å². The van der Waals surface area contributed by atoms with Gasteiger partial charge in [0, 0.05) is 47.8 Å². The molecule has 4 heterocycles. The van der Waals surface area contributed by atoms with Crippen molar-refractivity contribution in [2.45, 2.75) is 38.5 Å². The van der Waals surface area contributed by atoms with Crippen LogP contribution in [-0.2, 0) is 10.8 Å². The fourth-order valence-corrected chi connectivity index (χ4v) is 6.26. The number of rotatable bonds is 5. The molecule has 2 aliphatic heterocycles. The number of halogens is 2. The Balaban J connectivity index is 0.00000202. The summed E-state index contributed by atoms with van der Waals surface area (Å²) >= 11 is 0. The summed E-state index contributed by atoms with van der Waals surface area (Å²) in [5.74, 6) is 0. The smallest absolute Gasteiger partial charge is 0.209 e. The summed E-state index contributed by atoms with van der Waals surface area (Å²) in [6.45, 7) is 9.13. The van der Waals surface area contributed by atoms with Crippen LogP contribution in [0, 0.1) is 0 Å². The molecule has 0 bridgehead atoms. The first kappa shape index (κ1) is 31.9. The number of nitrogens with zero attached hydrogens (tertiary/aromatic N) is 4. The molecule has 0 amide bonds. The van der Waals surface area contributed by atoms with E-state index in [0.29, 0.717) is 0 Å². The molecule has 0 N–H and O–H groups in total. The van der Waals surface area contributed by atoms with Crippen LogP contribution < -0.4 is 48.0 Å².